The van der Waals surface area contributed by atoms with Crippen LogP contribution in [0.1, 0.15) is 38.8 Å². The van der Waals surface area contributed by atoms with Gasteiger partial charge in [-0.25, -0.2) is 13.2 Å². The molecule has 1 aromatic carbocycles. The fourth-order valence-electron chi connectivity index (χ4n) is 3.21. The minimum atomic E-state index is -3.58. The second kappa shape index (κ2) is 8.81. The number of carbonyl (C=O) groups is 2. The molecule has 1 aromatic rings. The molecular weight excluding hydrogens is 392 g/mol. The summed E-state index contributed by atoms with van der Waals surface area (Å²) >= 11 is 0. The van der Waals surface area contributed by atoms with Gasteiger partial charge in [0.05, 0.1) is 10.9 Å². The Morgan fingerprint density at radius 3 is 2.21 bits per heavy atom. The lowest BCUT2D eigenvalue weighted by Crippen LogP contribution is -2.57. The first-order valence-corrected chi connectivity index (χ1v) is 11.2. The van der Waals surface area contributed by atoms with E-state index in [2.05, 4.69) is 10.6 Å². The molecule has 1 heterocycles. The molecule has 1 aliphatic heterocycles. The van der Waals surface area contributed by atoms with Crippen molar-refractivity contribution in [1.82, 2.24) is 19.8 Å². The Labute approximate surface area is 173 Å². The van der Waals surface area contributed by atoms with E-state index in [9.17, 15) is 18.0 Å². The van der Waals surface area contributed by atoms with Crippen LogP contribution in [-0.2, 0) is 14.8 Å². The zero-order valence-electron chi connectivity index (χ0n) is 18.1. The largest absolute Gasteiger partial charge is 0.333 e. The molecule has 8 nitrogen and oxygen atoms in total. The molecule has 0 bridgehead atoms. The highest BCUT2D eigenvalue weighted by Crippen LogP contribution is 2.22. The van der Waals surface area contributed by atoms with E-state index in [0.717, 1.165) is 11.1 Å². The summed E-state index contributed by atoms with van der Waals surface area (Å²) in [5.74, 6) is -0.405. The lowest BCUT2D eigenvalue weighted by molar-refractivity contribution is -0.125. The number of hydrogen-bond donors (Lipinski definition) is 2. The standard InChI is InChI=1S/C20H32N4O4S/c1-14-7-8-15(2)17(13-14)29(27,28)24-11-9-23(10-12-24)16(3)18(25)21-19(26)22-20(4,5)6/h7-8,13,16H,9-12H2,1-6H3,(H2,21,22,25,26)/t16-/m1/s1. The number of piperazine rings is 1. The van der Waals surface area contributed by atoms with Gasteiger partial charge >= 0.3 is 6.03 Å². The van der Waals surface area contributed by atoms with Crippen molar-refractivity contribution >= 4 is 22.0 Å². The normalized spacial score (nSPS) is 17.6. The first-order valence-electron chi connectivity index (χ1n) is 9.76. The van der Waals surface area contributed by atoms with E-state index in [1.807, 2.05) is 44.7 Å². The first kappa shape index (κ1) is 23.3. The smallest absolute Gasteiger partial charge is 0.321 e. The number of hydrogen-bond acceptors (Lipinski definition) is 5. The number of aryl methyl sites for hydroxylation is 2. The number of imide groups is 1. The highest BCUT2D eigenvalue weighted by atomic mass is 32.2. The van der Waals surface area contributed by atoms with Crippen molar-refractivity contribution in [2.75, 3.05) is 26.2 Å². The van der Waals surface area contributed by atoms with Gasteiger partial charge in [-0.2, -0.15) is 4.31 Å². The third-order valence-electron chi connectivity index (χ3n) is 4.89. The predicted octanol–water partition coefficient (Wildman–Crippen LogP) is 1.62. The van der Waals surface area contributed by atoms with E-state index < -0.39 is 33.5 Å². The predicted molar refractivity (Wildman–Crippen MR) is 112 cm³/mol. The number of sulfonamides is 1. The van der Waals surface area contributed by atoms with Gasteiger partial charge in [0.15, 0.2) is 0 Å². The highest BCUT2D eigenvalue weighted by Gasteiger charge is 2.33. The van der Waals surface area contributed by atoms with Crippen LogP contribution >= 0.6 is 0 Å². The van der Waals surface area contributed by atoms with Crippen LogP contribution in [0.5, 0.6) is 0 Å². The van der Waals surface area contributed by atoms with Gasteiger partial charge in [0, 0.05) is 31.7 Å². The van der Waals surface area contributed by atoms with Crippen LogP contribution in [-0.4, -0.2) is 67.3 Å². The number of urea groups is 1. The fourth-order valence-corrected chi connectivity index (χ4v) is 4.94. The van der Waals surface area contributed by atoms with Gasteiger partial charge in [0.25, 0.3) is 0 Å². The number of nitrogens with one attached hydrogen (secondary N) is 2. The van der Waals surface area contributed by atoms with Crippen LogP contribution in [0.2, 0.25) is 0 Å². The molecule has 29 heavy (non-hydrogen) atoms. The molecule has 0 aliphatic carbocycles. The number of carbonyl (C=O) groups excluding carboxylic acids is 2. The van der Waals surface area contributed by atoms with Crippen LogP contribution in [0.4, 0.5) is 4.79 Å². The van der Waals surface area contributed by atoms with E-state index in [-0.39, 0.29) is 0 Å². The number of rotatable bonds is 4. The Morgan fingerprint density at radius 2 is 1.66 bits per heavy atom. The maximum atomic E-state index is 13.0. The highest BCUT2D eigenvalue weighted by molar-refractivity contribution is 7.89. The zero-order chi connectivity index (χ0) is 22.0. The summed E-state index contributed by atoms with van der Waals surface area (Å²) in [5, 5.41) is 5.04. The number of amides is 3. The maximum absolute atomic E-state index is 13.0. The van der Waals surface area contributed by atoms with E-state index in [1.165, 1.54) is 4.31 Å². The van der Waals surface area contributed by atoms with Gasteiger partial charge in [-0.05, 0) is 58.7 Å². The van der Waals surface area contributed by atoms with Crippen molar-refractivity contribution in [2.45, 2.75) is 58.0 Å². The zero-order valence-corrected chi connectivity index (χ0v) is 18.9. The molecule has 0 radical (unpaired) electrons. The van der Waals surface area contributed by atoms with Crippen molar-refractivity contribution < 1.29 is 18.0 Å². The molecule has 2 N–H and O–H groups in total. The Hall–Kier alpha value is -1.97. The quantitative estimate of drug-likeness (QED) is 0.765. The van der Waals surface area contributed by atoms with Crippen LogP contribution in [0, 0.1) is 13.8 Å². The minimum absolute atomic E-state index is 0.293. The van der Waals surface area contributed by atoms with Crippen molar-refractivity contribution in [2.24, 2.45) is 0 Å². The molecule has 0 unspecified atom stereocenters. The summed E-state index contributed by atoms with van der Waals surface area (Å²) in [6.07, 6.45) is 0. The van der Waals surface area contributed by atoms with Gasteiger partial charge in [-0.1, -0.05) is 12.1 Å². The SMILES string of the molecule is Cc1ccc(C)c(S(=O)(=O)N2CCN([C@H](C)C(=O)NC(=O)NC(C)(C)C)CC2)c1. The van der Waals surface area contributed by atoms with Crippen LogP contribution < -0.4 is 10.6 Å². The fraction of sp³-hybridized carbons (Fsp3) is 0.600. The second-order valence-corrected chi connectivity index (χ2v) is 10.5. The van der Waals surface area contributed by atoms with E-state index in [1.54, 1.807) is 19.9 Å². The van der Waals surface area contributed by atoms with Crippen molar-refractivity contribution in [1.29, 1.82) is 0 Å². The van der Waals surface area contributed by atoms with E-state index in [0.29, 0.717) is 31.1 Å². The minimum Gasteiger partial charge on any atom is -0.333 e. The molecule has 2 rings (SSSR count). The average molecular weight is 425 g/mol. The molecule has 1 fully saturated rings. The summed E-state index contributed by atoms with van der Waals surface area (Å²) < 4.78 is 27.5. The summed E-state index contributed by atoms with van der Waals surface area (Å²) in [5.41, 5.74) is 1.17. The molecule has 1 atom stereocenters. The maximum Gasteiger partial charge on any atom is 0.321 e. The van der Waals surface area contributed by atoms with Crippen molar-refractivity contribution in [3.8, 4) is 0 Å². The molecule has 3 amide bonds. The summed E-state index contributed by atoms with van der Waals surface area (Å²) in [4.78, 5) is 26.5. The molecule has 9 heteroatoms. The molecule has 0 aromatic heterocycles. The third-order valence-corrected chi connectivity index (χ3v) is 6.93. The van der Waals surface area contributed by atoms with Gasteiger partial charge < -0.3 is 5.32 Å². The molecular formula is C20H32N4O4S. The van der Waals surface area contributed by atoms with Crippen LogP contribution in [0.15, 0.2) is 23.1 Å². The third kappa shape index (κ3) is 6.01. The molecule has 0 spiro atoms. The molecule has 1 aliphatic rings. The Balaban J connectivity index is 1.98. The summed E-state index contributed by atoms with van der Waals surface area (Å²) in [7, 11) is -3.58. The molecule has 1 saturated heterocycles. The first-order chi connectivity index (χ1) is 13.3. The van der Waals surface area contributed by atoms with Crippen molar-refractivity contribution in [3.05, 3.63) is 29.3 Å². The van der Waals surface area contributed by atoms with Gasteiger partial charge in [-0.3, -0.25) is 15.0 Å². The topological polar surface area (TPSA) is 98.8 Å². The second-order valence-electron chi connectivity index (χ2n) is 8.58. The van der Waals surface area contributed by atoms with Gasteiger partial charge in [0.2, 0.25) is 15.9 Å². The Bertz CT molecular complexity index is 869. The summed E-state index contributed by atoms with van der Waals surface area (Å²) in [6, 6.07) is 4.33. The Kier molecular flexibility index (Phi) is 7.08. The molecule has 162 valence electrons. The Morgan fingerprint density at radius 1 is 1.07 bits per heavy atom. The van der Waals surface area contributed by atoms with Crippen LogP contribution in [0.25, 0.3) is 0 Å². The number of benzene rings is 1. The molecule has 0 saturated carbocycles. The summed E-state index contributed by atoms with van der Waals surface area (Å²) in [6.45, 7) is 12.3. The monoisotopic (exact) mass is 424 g/mol. The van der Waals surface area contributed by atoms with Crippen LogP contribution in [0.3, 0.4) is 0 Å². The average Bonchev–Trinajstić information content (AvgIpc) is 2.61. The van der Waals surface area contributed by atoms with E-state index in [4.69, 9.17) is 0 Å². The van der Waals surface area contributed by atoms with Gasteiger partial charge in [-0.15, -0.1) is 0 Å². The lowest BCUT2D eigenvalue weighted by atomic mass is 10.1. The number of nitrogens with zero attached hydrogens (tertiary/aromatic N) is 2. The van der Waals surface area contributed by atoms with E-state index >= 15 is 0 Å². The van der Waals surface area contributed by atoms with Crippen molar-refractivity contribution in [3.63, 3.8) is 0 Å². The van der Waals surface area contributed by atoms with Gasteiger partial charge in [0.1, 0.15) is 0 Å². The lowest BCUT2D eigenvalue weighted by Gasteiger charge is -2.37.